The summed E-state index contributed by atoms with van der Waals surface area (Å²) >= 11 is 0. The Morgan fingerprint density at radius 3 is 2.60 bits per heavy atom. The zero-order chi connectivity index (χ0) is 21.1. The SMILES string of the molecule is Cc1cccc(OCC(=O)Oc2ccccc2NC2=NS(=O)(=O)c3ccccc32)c1. The predicted molar refractivity (Wildman–Crippen MR) is 113 cm³/mol. The number of hydrogen-bond donors (Lipinski definition) is 1. The summed E-state index contributed by atoms with van der Waals surface area (Å²) in [5.74, 6) is 0.387. The molecular weight excluding hydrogens is 404 g/mol. The van der Waals surface area contributed by atoms with Crippen molar-refractivity contribution >= 4 is 27.5 Å². The van der Waals surface area contributed by atoms with Gasteiger partial charge in [0, 0.05) is 5.56 Å². The Balaban J connectivity index is 1.49. The van der Waals surface area contributed by atoms with Crippen LogP contribution in [0, 0.1) is 6.92 Å². The van der Waals surface area contributed by atoms with Crippen LogP contribution in [-0.2, 0) is 14.8 Å². The van der Waals surface area contributed by atoms with E-state index in [2.05, 4.69) is 9.71 Å². The fraction of sp³-hybridized carbons (Fsp3) is 0.0909. The Labute approximate surface area is 174 Å². The lowest BCUT2D eigenvalue weighted by Gasteiger charge is -2.12. The number of nitrogens with zero attached hydrogens (tertiary/aromatic N) is 1. The molecule has 0 atom stereocenters. The molecule has 3 aromatic rings. The molecule has 1 N–H and O–H groups in total. The Morgan fingerprint density at radius 2 is 1.77 bits per heavy atom. The third-order valence-corrected chi connectivity index (χ3v) is 5.68. The van der Waals surface area contributed by atoms with Gasteiger partial charge in [-0.3, -0.25) is 0 Å². The Hall–Kier alpha value is -3.65. The van der Waals surface area contributed by atoms with Crippen LogP contribution in [0.3, 0.4) is 0 Å². The first-order valence-corrected chi connectivity index (χ1v) is 10.6. The number of aryl methyl sites for hydroxylation is 1. The summed E-state index contributed by atoms with van der Waals surface area (Å²) in [6, 6.07) is 20.6. The number of ether oxygens (including phenoxy) is 2. The van der Waals surface area contributed by atoms with Gasteiger partial charge in [-0.05, 0) is 48.9 Å². The molecule has 0 saturated heterocycles. The van der Waals surface area contributed by atoms with Crippen LogP contribution in [0.5, 0.6) is 11.5 Å². The maximum atomic E-state index is 12.3. The number of rotatable bonds is 5. The Kier molecular flexibility index (Phi) is 5.24. The smallest absolute Gasteiger partial charge is 0.349 e. The summed E-state index contributed by atoms with van der Waals surface area (Å²) in [7, 11) is -3.76. The first-order valence-electron chi connectivity index (χ1n) is 9.13. The topological polar surface area (TPSA) is 94.1 Å². The summed E-state index contributed by atoms with van der Waals surface area (Å²) < 4.78 is 39.1. The van der Waals surface area contributed by atoms with E-state index in [1.165, 1.54) is 6.07 Å². The van der Waals surface area contributed by atoms with E-state index in [4.69, 9.17) is 9.47 Å². The van der Waals surface area contributed by atoms with Gasteiger partial charge in [0.25, 0.3) is 10.0 Å². The molecule has 0 bridgehead atoms. The molecule has 0 radical (unpaired) electrons. The molecule has 30 heavy (non-hydrogen) atoms. The molecule has 1 aliphatic heterocycles. The molecule has 152 valence electrons. The average molecular weight is 422 g/mol. The maximum absolute atomic E-state index is 12.3. The van der Waals surface area contributed by atoms with Gasteiger partial charge in [-0.1, -0.05) is 36.4 Å². The minimum atomic E-state index is -3.76. The number of carbonyl (C=O) groups is 1. The summed E-state index contributed by atoms with van der Waals surface area (Å²) in [4.78, 5) is 12.4. The van der Waals surface area contributed by atoms with Crippen LogP contribution in [-0.4, -0.2) is 26.8 Å². The van der Waals surface area contributed by atoms with Crippen LogP contribution in [0.15, 0.2) is 82.1 Å². The highest BCUT2D eigenvalue weighted by atomic mass is 32.2. The monoisotopic (exact) mass is 422 g/mol. The van der Waals surface area contributed by atoms with Gasteiger partial charge in [0.15, 0.2) is 18.2 Å². The number of hydrogen-bond acceptors (Lipinski definition) is 6. The fourth-order valence-electron chi connectivity index (χ4n) is 2.98. The molecule has 1 aliphatic rings. The van der Waals surface area contributed by atoms with Crippen LogP contribution in [0.1, 0.15) is 11.1 Å². The van der Waals surface area contributed by atoms with Gasteiger partial charge in [-0.25, -0.2) is 4.79 Å². The number of esters is 1. The molecule has 0 aliphatic carbocycles. The van der Waals surface area contributed by atoms with Crippen molar-refractivity contribution in [3.05, 3.63) is 83.9 Å². The quantitative estimate of drug-likeness (QED) is 0.499. The van der Waals surface area contributed by atoms with Crippen LogP contribution < -0.4 is 14.8 Å². The van der Waals surface area contributed by atoms with Crippen molar-refractivity contribution in [3.8, 4) is 11.5 Å². The number of anilines is 1. The van der Waals surface area contributed by atoms with E-state index in [0.29, 0.717) is 17.0 Å². The lowest BCUT2D eigenvalue weighted by molar-refractivity contribution is -0.136. The van der Waals surface area contributed by atoms with Crippen molar-refractivity contribution in [1.29, 1.82) is 0 Å². The molecule has 0 spiro atoms. The van der Waals surface area contributed by atoms with E-state index in [1.807, 2.05) is 25.1 Å². The summed E-state index contributed by atoms with van der Waals surface area (Å²) in [6.45, 7) is 1.66. The zero-order valence-corrected chi connectivity index (χ0v) is 16.8. The van der Waals surface area contributed by atoms with Crippen LogP contribution in [0.25, 0.3) is 0 Å². The second kappa shape index (κ2) is 8.00. The standard InChI is InChI=1S/C22H18N2O5S/c1-15-7-6-8-16(13-15)28-14-21(25)29-19-11-4-3-10-18(19)23-22-17-9-2-5-12-20(17)30(26,27)24-22/h2-13H,14H2,1H3,(H,23,24). The molecule has 8 heteroatoms. The number of carbonyl (C=O) groups excluding carboxylic acids is 1. The number of nitrogens with one attached hydrogen (secondary N) is 1. The van der Waals surface area contributed by atoms with E-state index in [0.717, 1.165) is 5.56 Å². The molecule has 0 amide bonds. The van der Waals surface area contributed by atoms with E-state index in [1.54, 1.807) is 48.5 Å². The maximum Gasteiger partial charge on any atom is 0.349 e. The second-order valence-corrected chi connectivity index (χ2v) is 8.18. The molecule has 0 unspecified atom stereocenters. The van der Waals surface area contributed by atoms with Crippen molar-refractivity contribution in [1.82, 2.24) is 0 Å². The van der Waals surface area contributed by atoms with Crippen LogP contribution >= 0.6 is 0 Å². The minimum absolute atomic E-state index is 0.133. The lowest BCUT2D eigenvalue weighted by atomic mass is 10.2. The van der Waals surface area contributed by atoms with Crippen molar-refractivity contribution in [2.24, 2.45) is 4.40 Å². The van der Waals surface area contributed by atoms with Crippen LogP contribution in [0.4, 0.5) is 5.69 Å². The van der Waals surface area contributed by atoms with Gasteiger partial charge < -0.3 is 14.8 Å². The lowest BCUT2D eigenvalue weighted by Crippen LogP contribution is -2.19. The molecule has 0 aromatic heterocycles. The third kappa shape index (κ3) is 4.18. The van der Waals surface area contributed by atoms with Crippen molar-refractivity contribution in [3.63, 3.8) is 0 Å². The second-order valence-electron chi connectivity index (χ2n) is 6.61. The highest BCUT2D eigenvalue weighted by Gasteiger charge is 2.29. The third-order valence-electron chi connectivity index (χ3n) is 4.34. The van der Waals surface area contributed by atoms with Gasteiger partial charge in [0.05, 0.1) is 5.69 Å². The van der Waals surface area contributed by atoms with E-state index in [9.17, 15) is 13.2 Å². The molecule has 4 rings (SSSR count). The summed E-state index contributed by atoms with van der Waals surface area (Å²) in [5.41, 5.74) is 1.89. The number of para-hydroxylation sites is 2. The predicted octanol–water partition coefficient (Wildman–Crippen LogP) is 3.54. The number of amidine groups is 1. The van der Waals surface area contributed by atoms with Gasteiger partial charge in [-0.15, -0.1) is 4.40 Å². The molecule has 1 heterocycles. The normalized spacial score (nSPS) is 13.8. The fourth-order valence-corrected chi connectivity index (χ4v) is 4.16. The first kappa shape index (κ1) is 19.7. The average Bonchev–Trinajstić information content (AvgIpc) is 2.98. The minimum Gasteiger partial charge on any atom is -0.482 e. The van der Waals surface area contributed by atoms with Crippen molar-refractivity contribution < 1.29 is 22.7 Å². The Morgan fingerprint density at radius 1 is 1.00 bits per heavy atom. The number of sulfonamides is 1. The van der Waals surface area contributed by atoms with Gasteiger partial charge >= 0.3 is 5.97 Å². The van der Waals surface area contributed by atoms with Gasteiger partial charge in [-0.2, -0.15) is 8.42 Å². The van der Waals surface area contributed by atoms with E-state index >= 15 is 0 Å². The van der Waals surface area contributed by atoms with Gasteiger partial charge in [0.2, 0.25) is 0 Å². The highest BCUT2D eigenvalue weighted by molar-refractivity contribution is 7.90. The zero-order valence-electron chi connectivity index (χ0n) is 16.0. The largest absolute Gasteiger partial charge is 0.482 e. The summed E-state index contributed by atoms with van der Waals surface area (Å²) in [6.07, 6.45) is 0. The first-order chi connectivity index (χ1) is 14.4. The molecular formula is C22H18N2O5S. The van der Waals surface area contributed by atoms with E-state index in [-0.39, 0.29) is 23.1 Å². The van der Waals surface area contributed by atoms with Crippen LogP contribution in [0.2, 0.25) is 0 Å². The highest BCUT2D eigenvalue weighted by Crippen LogP contribution is 2.30. The van der Waals surface area contributed by atoms with Crippen molar-refractivity contribution in [2.75, 3.05) is 11.9 Å². The van der Waals surface area contributed by atoms with Crippen molar-refractivity contribution in [2.45, 2.75) is 11.8 Å². The number of benzene rings is 3. The Bertz CT molecular complexity index is 1250. The van der Waals surface area contributed by atoms with Gasteiger partial charge in [0.1, 0.15) is 10.6 Å². The molecule has 3 aromatic carbocycles. The molecule has 0 saturated carbocycles. The number of fused-ring (bicyclic) bond motifs is 1. The summed E-state index contributed by atoms with van der Waals surface area (Å²) in [5, 5.41) is 2.96. The van der Waals surface area contributed by atoms with E-state index < -0.39 is 16.0 Å². The molecule has 0 fully saturated rings. The molecule has 7 nitrogen and oxygen atoms in total.